The summed E-state index contributed by atoms with van der Waals surface area (Å²) in [5.74, 6) is 0.273. The number of amidine groups is 1. The molecule has 1 aliphatic heterocycles. The van der Waals surface area contributed by atoms with Gasteiger partial charge in [-0.1, -0.05) is 19.0 Å². The second-order valence-corrected chi connectivity index (χ2v) is 7.14. The summed E-state index contributed by atoms with van der Waals surface area (Å²) in [7, 11) is -3.43. The summed E-state index contributed by atoms with van der Waals surface area (Å²) in [6, 6.07) is 0. The fraction of sp³-hybridized carbons (Fsp3) is 0.909. The zero-order chi connectivity index (χ0) is 14.5. The molecule has 0 aromatic rings. The van der Waals surface area contributed by atoms with Crippen LogP contribution < -0.4 is 5.73 Å². The molecule has 0 unspecified atom stereocenters. The highest BCUT2D eigenvalue weighted by Gasteiger charge is 2.31. The van der Waals surface area contributed by atoms with Crippen LogP contribution >= 0.6 is 0 Å². The molecule has 1 fully saturated rings. The van der Waals surface area contributed by atoms with E-state index in [0.29, 0.717) is 19.6 Å². The van der Waals surface area contributed by atoms with Crippen LogP contribution in [0.4, 0.5) is 0 Å². The molecular formula is C11H24N4O3S. The van der Waals surface area contributed by atoms with Crippen molar-refractivity contribution in [1.29, 1.82) is 0 Å². The molecule has 1 saturated heterocycles. The predicted molar refractivity (Wildman–Crippen MR) is 74.2 cm³/mol. The van der Waals surface area contributed by atoms with Crippen LogP contribution in [-0.4, -0.2) is 54.3 Å². The summed E-state index contributed by atoms with van der Waals surface area (Å²) in [6.07, 6.45) is 2.06. The molecule has 0 amide bonds. The lowest BCUT2D eigenvalue weighted by Gasteiger charge is -2.28. The molecule has 8 heteroatoms. The summed E-state index contributed by atoms with van der Waals surface area (Å²) in [5, 5.41) is 11.4. The first-order valence-corrected chi connectivity index (χ1v) is 7.99. The molecule has 0 radical (unpaired) electrons. The van der Waals surface area contributed by atoms with Crippen molar-refractivity contribution in [3.05, 3.63) is 0 Å². The fourth-order valence-corrected chi connectivity index (χ4v) is 3.93. The summed E-state index contributed by atoms with van der Waals surface area (Å²) >= 11 is 0. The van der Waals surface area contributed by atoms with E-state index in [1.54, 1.807) is 0 Å². The molecule has 1 aliphatic rings. The van der Waals surface area contributed by atoms with Crippen molar-refractivity contribution in [2.45, 2.75) is 33.1 Å². The van der Waals surface area contributed by atoms with Gasteiger partial charge in [0.05, 0.1) is 0 Å². The molecule has 0 atom stereocenters. The van der Waals surface area contributed by atoms with Gasteiger partial charge in [-0.15, -0.1) is 0 Å². The van der Waals surface area contributed by atoms with Crippen LogP contribution in [0.1, 0.15) is 33.1 Å². The standard InChI is InChI=1S/C11H24N4O3S/c1-10(2)9-15(8-5-11(12)13-16)19(17,18)14-6-3-4-7-14/h10,16H,3-9H2,1-2H3,(H2,12,13). The minimum atomic E-state index is -3.43. The third-order valence-electron chi connectivity index (χ3n) is 3.03. The van der Waals surface area contributed by atoms with Crippen molar-refractivity contribution in [1.82, 2.24) is 8.61 Å². The fourth-order valence-electron chi connectivity index (χ4n) is 2.08. The zero-order valence-corrected chi connectivity index (χ0v) is 12.4. The molecular weight excluding hydrogens is 268 g/mol. The van der Waals surface area contributed by atoms with Gasteiger partial charge < -0.3 is 10.9 Å². The van der Waals surface area contributed by atoms with Gasteiger partial charge in [-0.2, -0.15) is 17.0 Å². The van der Waals surface area contributed by atoms with Gasteiger partial charge >= 0.3 is 0 Å². The monoisotopic (exact) mass is 292 g/mol. The number of nitrogens with zero attached hydrogens (tertiary/aromatic N) is 3. The molecule has 1 rings (SSSR count). The number of hydrogen-bond donors (Lipinski definition) is 2. The maximum Gasteiger partial charge on any atom is 0.281 e. The lowest BCUT2D eigenvalue weighted by atomic mass is 10.2. The molecule has 7 nitrogen and oxygen atoms in total. The Labute approximate surface area is 115 Å². The Morgan fingerprint density at radius 3 is 2.47 bits per heavy atom. The maximum absolute atomic E-state index is 12.5. The van der Waals surface area contributed by atoms with Gasteiger partial charge in [0, 0.05) is 32.6 Å². The van der Waals surface area contributed by atoms with Crippen LogP contribution in [0.15, 0.2) is 5.16 Å². The number of rotatable bonds is 7. The zero-order valence-electron chi connectivity index (χ0n) is 11.6. The molecule has 0 spiro atoms. The van der Waals surface area contributed by atoms with E-state index in [0.717, 1.165) is 12.8 Å². The van der Waals surface area contributed by atoms with E-state index in [-0.39, 0.29) is 24.7 Å². The van der Waals surface area contributed by atoms with E-state index < -0.39 is 10.2 Å². The van der Waals surface area contributed by atoms with Gasteiger partial charge in [-0.3, -0.25) is 0 Å². The number of hydrogen-bond acceptors (Lipinski definition) is 4. The quantitative estimate of drug-likeness (QED) is 0.307. The Kier molecular flexibility index (Phi) is 6.02. The lowest BCUT2D eigenvalue weighted by Crippen LogP contribution is -2.45. The van der Waals surface area contributed by atoms with E-state index in [9.17, 15) is 8.42 Å². The number of nitrogens with two attached hydrogens (primary N) is 1. The third-order valence-corrected chi connectivity index (χ3v) is 5.03. The molecule has 0 aliphatic carbocycles. The summed E-state index contributed by atoms with van der Waals surface area (Å²) in [5.41, 5.74) is 5.41. The highest BCUT2D eigenvalue weighted by atomic mass is 32.2. The normalized spacial score (nSPS) is 18.6. The molecule has 1 heterocycles. The summed E-state index contributed by atoms with van der Waals surface area (Å²) in [6.45, 7) is 5.79. The van der Waals surface area contributed by atoms with Crippen molar-refractivity contribution in [2.75, 3.05) is 26.2 Å². The van der Waals surface area contributed by atoms with E-state index in [1.165, 1.54) is 8.61 Å². The van der Waals surface area contributed by atoms with E-state index in [1.807, 2.05) is 13.8 Å². The van der Waals surface area contributed by atoms with E-state index >= 15 is 0 Å². The Morgan fingerprint density at radius 1 is 1.42 bits per heavy atom. The molecule has 3 N–H and O–H groups in total. The summed E-state index contributed by atoms with van der Waals surface area (Å²) in [4.78, 5) is 0. The first-order chi connectivity index (χ1) is 8.87. The largest absolute Gasteiger partial charge is 0.409 e. The molecule has 0 aromatic heterocycles. The predicted octanol–water partition coefficient (Wildman–Crippen LogP) is 0.422. The third kappa shape index (κ3) is 4.63. The molecule has 0 bridgehead atoms. The van der Waals surface area contributed by atoms with Crippen LogP contribution in [0.25, 0.3) is 0 Å². The van der Waals surface area contributed by atoms with Crippen molar-refractivity contribution >= 4 is 16.0 Å². The topological polar surface area (TPSA) is 99.2 Å². The average molecular weight is 292 g/mol. The summed E-state index contributed by atoms with van der Waals surface area (Å²) < 4.78 is 27.9. The maximum atomic E-state index is 12.5. The van der Waals surface area contributed by atoms with Crippen LogP contribution in [0.5, 0.6) is 0 Å². The van der Waals surface area contributed by atoms with Crippen molar-refractivity contribution in [3.8, 4) is 0 Å². The van der Waals surface area contributed by atoms with Crippen molar-refractivity contribution < 1.29 is 13.6 Å². The second-order valence-electron chi connectivity index (χ2n) is 5.21. The highest BCUT2D eigenvalue weighted by Crippen LogP contribution is 2.18. The van der Waals surface area contributed by atoms with Crippen LogP contribution in [-0.2, 0) is 10.2 Å². The first-order valence-electron chi connectivity index (χ1n) is 6.59. The molecule has 19 heavy (non-hydrogen) atoms. The second kappa shape index (κ2) is 7.06. The van der Waals surface area contributed by atoms with E-state index in [4.69, 9.17) is 10.9 Å². The van der Waals surface area contributed by atoms with Crippen molar-refractivity contribution in [3.63, 3.8) is 0 Å². The lowest BCUT2D eigenvalue weighted by molar-refractivity contribution is 0.312. The molecule has 0 aromatic carbocycles. The van der Waals surface area contributed by atoms with Gasteiger partial charge in [0.25, 0.3) is 10.2 Å². The van der Waals surface area contributed by atoms with Gasteiger partial charge in [0.1, 0.15) is 5.84 Å². The Bertz CT molecular complexity index is 402. The molecule has 0 saturated carbocycles. The van der Waals surface area contributed by atoms with Gasteiger partial charge in [-0.25, -0.2) is 0 Å². The Balaban J connectivity index is 2.76. The van der Waals surface area contributed by atoms with Gasteiger partial charge in [-0.05, 0) is 18.8 Å². The SMILES string of the molecule is CC(C)CN(CCC(N)=NO)S(=O)(=O)N1CCCC1. The smallest absolute Gasteiger partial charge is 0.281 e. The van der Waals surface area contributed by atoms with Gasteiger partial charge in [0.15, 0.2) is 0 Å². The Hall–Kier alpha value is -0.860. The van der Waals surface area contributed by atoms with Crippen LogP contribution in [0.3, 0.4) is 0 Å². The van der Waals surface area contributed by atoms with Crippen molar-refractivity contribution in [2.24, 2.45) is 16.8 Å². The highest BCUT2D eigenvalue weighted by molar-refractivity contribution is 7.86. The van der Waals surface area contributed by atoms with E-state index in [2.05, 4.69) is 5.16 Å². The Morgan fingerprint density at radius 2 is 2.00 bits per heavy atom. The van der Waals surface area contributed by atoms with Gasteiger partial charge in [0.2, 0.25) is 0 Å². The number of oxime groups is 1. The minimum Gasteiger partial charge on any atom is -0.409 e. The average Bonchev–Trinajstić information content (AvgIpc) is 2.87. The first kappa shape index (κ1) is 16.2. The van der Waals surface area contributed by atoms with Crippen LogP contribution in [0, 0.1) is 5.92 Å². The molecule has 112 valence electrons. The van der Waals surface area contributed by atoms with Crippen LogP contribution in [0.2, 0.25) is 0 Å². The minimum absolute atomic E-state index is 0.0466.